The van der Waals surface area contributed by atoms with Gasteiger partial charge in [0.2, 0.25) is 0 Å². The monoisotopic (exact) mass is 349 g/mol. The average molecular weight is 350 g/mol. The predicted molar refractivity (Wildman–Crippen MR) is 60.3 cm³/mol. The van der Waals surface area contributed by atoms with Gasteiger partial charge in [-0.25, -0.2) is 0 Å². The van der Waals surface area contributed by atoms with Crippen LogP contribution in [0.1, 0.15) is 0 Å². The number of rotatable bonds is 2. The van der Waals surface area contributed by atoms with Crippen LogP contribution in [-0.2, 0) is 0 Å². The molecule has 0 saturated carbocycles. The van der Waals surface area contributed by atoms with Crippen LogP contribution in [0.15, 0.2) is 48.5 Å². The van der Waals surface area contributed by atoms with Gasteiger partial charge in [-0.15, -0.1) is 0 Å². The number of hydrogen-bond donors (Lipinski definition) is 0. The van der Waals surface area contributed by atoms with Crippen LogP contribution >= 0.6 is 23.2 Å². The maximum absolute atomic E-state index is 6.12. The Morgan fingerprint density at radius 1 is 0.867 bits per heavy atom. The van der Waals surface area contributed by atoms with Crippen LogP contribution < -0.4 is 21.2 Å². The molecule has 78 valence electrons. The Morgan fingerprint density at radius 3 is 2.27 bits per heavy atom. The zero-order chi connectivity index (χ0) is 10.7. The second-order valence-electron chi connectivity index (χ2n) is 2.95. The number of halogens is 3. The molecular weight excluding hydrogens is 342 g/mol. The predicted octanol–water partition coefficient (Wildman–Crippen LogP) is 1.12. The van der Waals surface area contributed by atoms with E-state index in [0.29, 0.717) is 5.02 Å². The molecule has 0 spiro atoms. The Bertz CT molecular complexity index is 454. The van der Waals surface area contributed by atoms with Crippen LogP contribution in [0.5, 0.6) is 0 Å². The van der Waals surface area contributed by atoms with Crippen LogP contribution in [-0.4, -0.2) is 0 Å². The fourth-order valence-electron chi connectivity index (χ4n) is 1.14. The van der Waals surface area contributed by atoms with Gasteiger partial charge in [-0.3, -0.25) is 0 Å². The first kappa shape index (κ1) is 11.2. The van der Waals surface area contributed by atoms with Gasteiger partial charge in [-0.2, -0.15) is 0 Å². The van der Waals surface area contributed by atoms with Gasteiger partial charge in [-0.1, -0.05) is 0 Å². The summed E-state index contributed by atoms with van der Waals surface area (Å²) in [5.41, 5.74) is 0. The Labute approximate surface area is 109 Å². The third-order valence-corrected chi connectivity index (χ3v) is 5.56. The van der Waals surface area contributed by atoms with Gasteiger partial charge >= 0.3 is 110 Å². The van der Waals surface area contributed by atoms with Crippen molar-refractivity contribution < 1.29 is 21.2 Å². The molecule has 2 aromatic carbocycles. The molecule has 0 nitrogen and oxygen atoms in total. The maximum atomic E-state index is 6.12. The summed E-state index contributed by atoms with van der Waals surface area (Å²) in [4.78, 5) is 0. The van der Waals surface area contributed by atoms with E-state index in [9.17, 15) is 0 Å². The van der Waals surface area contributed by atoms with Crippen molar-refractivity contribution in [2.75, 3.05) is 0 Å². The van der Waals surface area contributed by atoms with Gasteiger partial charge in [0.1, 0.15) is 0 Å². The molecule has 0 aliphatic heterocycles. The van der Waals surface area contributed by atoms with E-state index in [4.69, 9.17) is 23.2 Å². The van der Waals surface area contributed by atoms with E-state index in [0.717, 1.165) is 5.02 Å². The molecule has 2 rings (SSSR count). The molecule has 0 amide bonds. The number of benzene rings is 2. The topological polar surface area (TPSA) is 0 Å². The minimum absolute atomic E-state index is 0.196. The summed E-state index contributed by atoms with van der Waals surface area (Å²) in [6.07, 6.45) is 0. The number of hydrogen-bond acceptors (Lipinski definition) is 0. The van der Waals surface area contributed by atoms with Gasteiger partial charge in [0.15, 0.2) is 0 Å². The van der Waals surface area contributed by atoms with Crippen LogP contribution in [0.4, 0.5) is 0 Å². The molecule has 0 saturated heterocycles. The normalized spacial score (nSPS) is 10.5. The fraction of sp³-hybridized carbons (Fsp3) is 0. The first-order valence-electron chi connectivity index (χ1n) is 4.40. The van der Waals surface area contributed by atoms with Gasteiger partial charge in [-0.05, 0) is 0 Å². The van der Waals surface area contributed by atoms with Crippen molar-refractivity contribution in [3.05, 3.63) is 65.7 Å². The Morgan fingerprint density at radius 2 is 1.60 bits per heavy atom. The van der Waals surface area contributed by atoms with E-state index in [1.54, 1.807) is 6.07 Å². The van der Waals surface area contributed by atoms with Crippen molar-refractivity contribution in [2.45, 2.75) is 0 Å². The summed E-state index contributed by atoms with van der Waals surface area (Å²) in [5, 5.41) is 1.47. The van der Waals surface area contributed by atoms with Crippen molar-refractivity contribution in [1.82, 2.24) is 0 Å². The van der Waals surface area contributed by atoms with E-state index in [2.05, 4.69) is 24.3 Å². The minimum atomic E-state index is -0.196. The fourth-order valence-corrected chi connectivity index (χ4v) is 4.01. The second-order valence-corrected chi connectivity index (χ2v) is 6.74. The van der Waals surface area contributed by atoms with Gasteiger partial charge in [0, 0.05) is 0 Å². The first-order valence-corrected chi connectivity index (χ1v) is 7.32. The molecule has 0 radical (unpaired) electrons. The van der Waals surface area contributed by atoms with Crippen molar-refractivity contribution >= 4 is 23.2 Å². The molecule has 0 aliphatic carbocycles. The van der Waals surface area contributed by atoms with Gasteiger partial charge in [0.25, 0.3) is 0 Å². The van der Waals surface area contributed by atoms with Crippen molar-refractivity contribution in [3.63, 3.8) is 0 Å². The molecule has 2 aromatic rings. The third-order valence-electron chi connectivity index (χ3n) is 1.83. The summed E-state index contributed by atoms with van der Waals surface area (Å²) in [7, 11) is 0. The molecule has 0 bridgehead atoms. The standard InChI is InChI=1S/C12H8Cl2I/c13-9-6-7-12(11(14)8-9)15-10-4-2-1-3-5-10/h1-8H/q-1. The summed E-state index contributed by atoms with van der Waals surface area (Å²) in [6.45, 7) is 0. The van der Waals surface area contributed by atoms with Crippen LogP contribution in [0, 0.1) is 7.14 Å². The molecule has 0 heterocycles. The summed E-state index contributed by atoms with van der Waals surface area (Å²) in [5.74, 6) is 0. The van der Waals surface area contributed by atoms with E-state index >= 15 is 0 Å². The van der Waals surface area contributed by atoms with E-state index < -0.39 is 0 Å². The van der Waals surface area contributed by atoms with Gasteiger partial charge in [0.05, 0.1) is 0 Å². The van der Waals surface area contributed by atoms with Crippen LogP contribution in [0.25, 0.3) is 0 Å². The second kappa shape index (κ2) is 5.19. The van der Waals surface area contributed by atoms with Crippen LogP contribution in [0.2, 0.25) is 10.0 Å². The summed E-state index contributed by atoms with van der Waals surface area (Å²) >= 11 is 11.8. The molecule has 0 unspecified atom stereocenters. The molecule has 0 fully saturated rings. The molecule has 0 aliphatic rings. The van der Waals surface area contributed by atoms with Crippen LogP contribution in [0.3, 0.4) is 0 Å². The molecule has 0 atom stereocenters. The Hall–Kier alpha value is -0.250. The average Bonchev–Trinajstić information content (AvgIpc) is 2.24. The van der Waals surface area contributed by atoms with Crippen molar-refractivity contribution in [1.29, 1.82) is 0 Å². The molecule has 0 aromatic heterocycles. The third kappa shape index (κ3) is 3.10. The molecule has 3 heteroatoms. The quantitative estimate of drug-likeness (QED) is 0.563. The van der Waals surface area contributed by atoms with E-state index in [1.165, 1.54) is 7.14 Å². The van der Waals surface area contributed by atoms with Gasteiger partial charge < -0.3 is 0 Å². The zero-order valence-corrected chi connectivity index (χ0v) is 11.4. The Balaban J connectivity index is 2.25. The van der Waals surface area contributed by atoms with Crippen molar-refractivity contribution in [2.24, 2.45) is 0 Å². The van der Waals surface area contributed by atoms with E-state index in [1.807, 2.05) is 18.2 Å². The summed E-state index contributed by atoms with van der Waals surface area (Å²) in [6, 6.07) is 16.1. The van der Waals surface area contributed by atoms with E-state index in [-0.39, 0.29) is 21.2 Å². The van der Waals surface area contributed by atoms with Crippen molar-refractivity contribution in [3.8, 4) is 0 Å². The SMILES string of the molecule is Clc1ccc([I-]c2ccccc2)c(Cl)c1. The molecule has 15 heavy (non-hydrogen) atoms. The Kier molecular flexibility index (Phi) is 3.89. The molecule has 0 N–H and O–H groups in total. The summed E-state index contributed by atoms with van der Waals surface area (Å²) < 4.78 is 2.58. The first-order chi connectivity index (χ1) is 7.25. The molecular formula is C12H8Cl2I-. The zero-order valence-electron chi connectivity index (χ0n) is 7.75.